The van der Waals surface area contributed by atoms with E-state index in [1.807, 2.05) is 49.3 Å². The van der Waals surface area contributed by atoms with Crippen molar-refractivity contribution >= 4 is 132 Å². The molecule has 0 radical (unpaired) electrons. The monoisotopic (exact) mass is 1860 g/mol. The zero-order valence-electron chi connectivity index (χ0n) is 69.2. The van der Waals surface area contributed by atoms with Crippen molar-refractivity contribution in [3.05, 3.63) is 306 Å². The molecule has 21 nitrogen and oxygen atoms in total. The molecular weight excluding hydrogens is 1770 g/mol. The number of carbonyl (C=O) groups excluding carboxylic acids is 5. The lowest BCUT2D eigenvalue weighted by Crippen LogP contribution is -2.39. The number of aliphatic hydroxyl groups is 1. The molecule has 4 aliphatic rings. The number of nitrogens with zero attached hydrogens (tertiary/aromatic N) is 14. The van der Waals surface area contributed by atoms with Gasteiger partial charge in [0.15, 0.2) is 39.6 Å². The van der Waals surface area contributed by atoms with E-state index < -0.39 is 91.9 Å². The fourth-order valence-corrected chi connectivity index (χ4v) is 14.1. The molecular formula is C92H97Cl4F8N15O6S2. The first-order valence-electron chi connectivity index (χ1n) is 38.6. The Morgan fingerprint density at radius 1 is 0.465 bits per heavy atom. The minimum absolute atomic E-state index is 0. The number of carbonyl (C=O) groups is 5. The molecule has 0 amide bonds. The molecule has 127 heavy (non-hydrogen) atoms. The van der Waals surface area contributed by atoms with Gasteiger partial charge < -0.3 is 25.5 Å². The molecule has 0 saturated carbocycles. The SMILES string of the molecule is C.C.CC(=O)CCl.CC1=C(c2cnc(CC(=O)c3c(F)cccc3F)cn2)CN(C#N)CC1.CC1=C(c2cnc(CC(=O)c3c(F)cccc3F)cn2)CN(C(N)=S)CC1.CC1=C(c2cnc(CC(=O)c3c(F)cccc3F)cn2)CN(Cc2ccccc2)CC1.CC1=C(c2cnc(CC(=O)c3c(F)cccc3F)cn2)CN(c2nc(C)cs2)CC1.CO.Cl.ClCCl. The highest BCUT2D eigenvalue weighted by Crippen LogP contribution is 2.33. The third-order valence-corrected chi connectivity index (χ3v) is 21.4. The van der Waals surface area contributed by atoms with Crippen molar-refractivity contribution in [2.75, 3.05) is 75.6 Å². The number of rotatable bonds is 20. The summed E-state index contributed by atoms with van der Waals surface area (Å²) in [5, 5.41) is 19.6. The number of thiazole rings is 1. The molecule has 14 rings (SSSR count). The number of hydrogen-bond acceptors (Lipinski definition) is 21. The second kappa shape index (κ2) is 52.7. The van der Waals surface area contributed by atoms with Crippen LogP contribution >= 0.6 is 70.8 Å². The largest absolute Gasteiger partial charge is 0.400 e. The predicted molar refractivity (Wildman–Crippen MR) is 488 cm³/mol. The molecule has 3 N–H and O–H groups in total. The zero-order chi connectivity index (χ0) is 90.3. The number of benzene rings is 5. The van der Waals surface area contributed by atoms with E-state index in [9.17, 15) is 59.1 Å². The minimum atomic E-state index is -0.890. The maximum atomic E-state index is 13.8. The third kappa shape index (κ3) is 30.7. The molecule has 672 valence electrons. The van der Waals surface area contributed by atoms with E-state index in [0.717, 1.165) is 164 Å². The van der Waals surface area contributed by atoms with E-state index >= 15 is 0 Å². The molecule has 9 heterocycles. The molecule has 0 unspecified atom stereocenters. The van der Waals surface area contributed by atoms with E-state index in [0.29, 0.717) is 65.5 Å². The van der Waals surface area contributed by atoms with E-state index in [2.05, 4.69) is 86.8 Å². The summed E-state index contributed by atoms with van der Waals surface area (Å²) in [5.74, 6) is -9.54. The fourth-order valence-electron chi connectivity index (χ4n) is 13.1. The number of anilines is 1. The van der Waals surface area contributed by atoms with Crippen LogP contribution in [0, 0.1) is 64.9 Å². The Kier molecular flexibility index (Phi) is 44.1. The maximum absolute atomic E-state index is 13.8. The Balaban J connectivity index is 0.000000288. The van der Waals surface area contributed by atoms with Crippen LogP contribution in [0.25, 0.3) is 22.3 Å². The summed E-state index contributed by atoms with van der Waals surface area (Å²) in [7, 11) is 1.00. The molecule has 0 saturated heterocycles. The Bertz CT molecular complexity index is 5520. The van der Waals surface area contributed by atoms with Gasteiger partial charge in [-0.25, -0.2) is 40.1 Å². The Hall–Kier alpha value is -11.3. The molecule has 10 aromatic rings. The van der Waals surface area contributed by atoms with Crippen LogP contribution in [0.15, 0.2) is 180 Å². The van der Waals surface area contributed by atoms with Crippen LogP contribution in [0.3, 0.4) is 0 Å². The standard InChI is InChI=1S/C25H23F2N3O.C22H20F2N4OS.C19H18F2N4OS.C19H16F2N4O.C3H5ClO.CH2Cl2.CH4O.2CH4.ClH/c1-17-10-11-30(15-18-6-3-2-4-7-18)16-20(17)23-14-28-19(13-29-23)12-24(31)25-21(26)8-5-9-22(25)27;1-13-6-7-28(22-27-14(2)12-30-22)11-16(13)19-10-25-15(9-26-19)8-20(29)21-17(23)4-3-5-18(21)24;1-11-5-6-25(19(22)27)10-13(11)16-9-23-12(8-24-16)7-17(26)18-14(20)3-2-4-15(18)21;1-12-5-6-25(11-22)10-14(12)17-9-23-13(8-24-17)7-18(26)19-15(20)3-2-4-16(19)21;1-3(5)2-4;2-1-3;1-2;;;/h2-9,13-14H,10-12,15-16H2,1H3;3-5,9-10,12H,6-8,11H2,1-2H3;2-4,8-9H,5-7,10H2,1H3,(H2,22,27);2-4,8-9H,5-7,10H2,1H3;2H2,1H3;1H2;2H,1H3;2*1H4;1H. The van der Waals surface area contributed by atoms with Gasteiger partial charge in [0, 0.05) is 89.6 Å². The van der Waals surface area contributed by atoms with Crippen molar-refractivity contribution < 1.29 is 64.2 Å². The molecule has 5 aromatic heterocycles. The zero-order valence-corrected chi connectivity index (χ0v) is 73.9. The second-order valence-electron chi connectivity index (χ2n) is 28.5. The summed E-state index contributed by atoms with van der Waals surface area (Å²) in [6.45, 7) is 18.3. The van der Waals surface area contributed by atoms with E-state index in [4.69, 9.17) is 63.1 Å². The molecule has 0 fully saturated rings. The van der Waals surface area contributed by atoms with Crippen LogP contribution in [0.2, 0.25) is 0 Å². The van der Waals surface area contributed by atoms with Crippen molar-refractivity contribution in [2.24, 2.45) is 5.73 Å². The van der Waals surface area contributed by atoms with Gasteiger partial charge in [0.05, 0.1) is 142 Å². The van der Waals surface area contributed by atoms with E-state index in [1.165, 1.54) is 84.5 Å². The van der Waals surface area contributed by atoms with Crippen molar-refractivity contribution in [3.63, 3.8) is 0 Å². The first-order chi connectivity index (χ1) is 59.5. The number of thiocarbonyl (C=S) groups is 1. The van der Waals surface area contributed by atoms with Crippen molar-refractivity contribution in [1.82, 2.24) is 59.6 Å². The highest BCUT2D eigenvalue weighted by atomic mass is 35.5. The Labute approximate surface area is 764 Å². The van der Waals surface area contributed by atoms with E-state index in [-0.39, 0.29) is 69.9 Å². The highest BCUT2D eigenvalue weighted by Gasteiger charge is 2.28. The van der Waals surface area contributed by atoms with Crippen LogP contribution in [-0.2, 0) is 37.0 Å². The summed E-state index contributed by atoms with van der Waals surface area (Å²) in [6, 6.07) is 23.7. The number of nitriles is 1. The van der Waals surface area contributed by atoms with Gasteiger partial charge in [-0.1, -0.05) is 91.7 Å². The average molecular weight is 1870 g/mol. The number of nitrogens with two attached hydrogens (primary N) is 1. The van der Waals surface area contributed by atoms with Crippen LogP contribution in [0.5, 0.6) is 0 Å². The van der Waals surface area contributed by atoms with Gasteiger partial charge >= 0.3 is 0 Å². The molecule has 0 aliphatic carbocycles. The quantitative estimate of drug-likeness (QED) is 0.0236. The molecule has 35 heteroatoms. The van der Waals surface area contributed by atoms with Gasteiger partial charge in [-0.3, -0.25) is 68.7 Å². The molecule has 5 aromatic carbocycles. The highest BCUT2D eigenvalue weighted by molar-refractivity contribution is 7.80. The summed E-state index contributed by atoms with van der Waals surface area (Å²) in [6.07, 6.45) is 16.9. The normalized spacial score (nSPS) is 13.4. The van der Waals surface area contributed by atoms with Gasteiger partial charge in [-0.15, -0.1) is 58.5 Å². The lowest BCUT2D eigenvalue weighted by molar-refractivity contribution is -0.114. The van der Waals surface area contributed by atoms with Crippen LogP contribution in [-0.4, -0.2) is 169 Å². The van der Waals surface area contributed by atoms with Crippen LogP contribution < -0.4 is 10.6 Å². The van der Waals surface area contributed by atoms with Crippen LogP contribution in [0.1, 0.15) is 173 Å². The van der Waals surface area contributed by atoms with Gasteiger partial charge in [0.25, 0.3) is 0 Å². The van der Waals surface area contributed by atoms with Crippen LogP contribution in [0.4, 0.5) is 40.3 Å². The molecule has 0 spiro atoms. The molecule has 0 bridgehead atoms. The maximum Gasteiger partial charge on any atom is 0.185 e. The summed E-state index contributed by atoms with van der Waals surface area (Å²) in [4.78, 5) is 106. The first kappa shape index (κ1) is 106. The number of halogens is 12. The lowest BCUT2D eigenvalue weighted by atomic mass is 9.98. The van der Waals surface area contributed by atoms with Gasteiger partial charge in [0.1, 0.15) is 52.3 Å². The van der Waals surface area contributed by atoms with Gasteiger partial charge in [-0.2, -0.15) is 5.26 Å². The summed E-state index contributed by atoms with van der Waals surface area (Å²) < 4.78 is 110. The lowest BCUT2D eigenvalue weighted by Gasteiger charge is -2.30. The number of ketones is 5. The van der Waals surface area contributed by atoms with Crippen molar-refractivity contribution in [2.45, 2.75) is 114 Å². The fraction of sp³-hybridized carbons (Fsp3) is 0.304. The van der Waals surface area contributed by atoms with Gasteiger partial charge in [0.2, 0.25) is 0 Å². The topological polar surface area (TPSA) is 284 Å². The number of aryl methyl sites for hydroxylation is 1. The van der Waals surface area contributed by atoms with E-state index in [1.54, 1.807) is 34.8 Å². The Morgan fingerprint density at radius 3 is 1.09 bits per heavy atom. The number of aromatic nitrogens is 9. The minimum Gasteiger partial charge on any atom is -0.400 e. The summed E-state index contributed by atoms with van der Waals surface area (Å²) in [5.41, 5.74) is 19.0. The predicted octanol–water partition coefficient (Wildman–Crippen LogP) is 19.1. The second-order valence-corrected chi connectivity index (χ2v) is 30.8. The number of Topliss-reactive ketones (excluding diaryl/α,β-unsaturated/α-hetero) is 5. The number of alkyl halides is 3. The number of aliphatic hydroxyl groups excluding tert-OH is 1. The van der Waals surface area contributed by atoms with Crippen molar-refractivity contribution in [3.8, 4) is 6.19 Å². The first-order valence-corrected chi connectivity index (χ1v) is 41.5. The average Bonchev–Trinajstić information content (AvgIpc) is 1.77. The van der Waals surface area contributed by atoms with Crippen molar-refractivity contribution in [1.29, 1.82) is 5.26 Å². The van der Waals surface area contributed by atoms with Gasteiger partial charge in [-0.05, 0) is 156 Å². The summed E-state index contributed by atoms with van der Waals surface area (Å²) >= 11 is 21.2. The third-order valence-electron chi connectivity index (χ3n) is 19.7. The molecule has 0 atom stereocenters. The number of hydrogen-bond donors (Lipinski definition) is 2. The molecule has 4 aliphatic heterocycles. The Morgan fingerprint density at radius 2 is 0.780 bits per heavy atom. The smallest absolute Gasteiger partial charge is 0.185 e.